The van der Waals surface area contributed by atoms with Gasteiger partial charge >= 0.3 is 18.0 Å². The number of aliphatic carboxylic acids is 2. The molecule has 0 bridgehead atoms. The van der Waals surface area contributed by atoms with Crippen LogP contribution in [0.3, 0.4) is 0 Å². The van der Waals surface area contributed by atoms with Gasteiger partial charge in [0.25, 0.3) is 0 Å². The highest BCUT2D eigenvalue weighted by atomic mass is 16.6. The minimum atomic E-state index is -1.45. The molecule has 0 radical (unpaired) electrons. The first-order valence-electron chi connectivity index (χ1n) is 21.9. The van der Waals surface area contributed by atoms with Crippen LogP contribution in [-0.4, -0.2) is 118 Å². The normalized spacial score (nSPS) is 14.7. The highest BCUT2D eigenvalue weighted by molar-refractivity contribution is 5.98. The van der Waals surface area contributed by atoms with E-state index in [0.717, 1.165) is 5.56 Å². The van der Waals surface area contributed by atoms with Gasteiger partial charge in [0.15, 0.2) is 0 Å². The van der Waals surface area contributed by atoms with Gasteiger partial charge in [-0.1, -0.05) is 111 Å². The van der Waals surface area contributed by atoms with Crippen molar-refractivity contribution in [3.05, 3.63) is 77.4 Å². The lowest BCUT2D eigenvalue weighted by Crippen LogP contribution is -2.63. The number of carbonyl (C=O) groups is 8. The zero-order chi connectivity index (χ0) is 50.4. The number of ether oxygens (including phenoxy) is 1. The number of nitrogens with two attached hydrogens (primary N) is 1. The highest BCUT2D eigenvalue weighted by Crippen LogP contribution is 2.32. The van der Waals surface area contributed by atoms with E-state index in [1.807, 2.05) is 44.2 Å². The number of amides is 6. The minimum Gasteiger partial charge on any atom is -0.481 e. The van der Waals surface area contributed by atoms with Gasteiger partial charge in [-0.05, 0) is 60.8 Å². The van der Waals surface area contributed by atoms with E-state index in [-0.39, 0.29) is 30.4 Å². The number of nitrogens with one attached hydrogen (secondary N) is 4. The Balaban J connectivity index is 2.37. The molecule has 0 saturated heterocycles. The molecule has 2 aromatic carbocycles. The highest BCUT2D eigenvalue weighted by Gasteiger charge is 2.45. The Labute approximate surface area is 388 Å². The van der Waals surface area contributed by atoms with Crippen molar-refractivity contribution in [1.29, 1.82) is 0 Å². The lowest BCUT2D eigenvalue weighted by molar-refractivity contribution is -0.142. The molecular weight excluding hydrogens is 851 g/mol. The standard InChI is InChI=1S/C48H71N7O11/c1-27(2)35(25-29(5)40(58)52-34(45(63)64)23-24-36(56)57)54(12)44(62)38(47(7,8)9)53-43(61)39(48(10,11)32-17-15-14-16-18-32)55(13)46(65)66-26-31-19-21-33(22-20-31)51-41(59)30(6)50-42(60)37(49)28(3)4/h14-22,25,27-28,30,34-35,37-39H,23-24,26,49H2,1-13H3,(H,50,60)(H,51,59)(H,52,58)(H,53,61)(H,56,57)(H,63,64)/b29-25+/t30-,34+,35+,37?,38?,39+/m0/s1. The molecule has 0 heterocycles. The first kappa shape index (κ1) is 55.8. The van der Waals surface area contributed by atoms with E-state index in [0.29, 0.717) is 11.3 Å². The second-order valence-corrected chi connectivity index (χ2v) is 19.0. The van der Waals surface area contributed by atoms with Crippen LogP contribution in [0.4, 0.5) is 10.5 Å². The van der Waals surface area contributed by atoms with Gasteiger partial charge in [-0.2, -0.15) is 0 Å². The number of nitrogens with zero attached hydrogens (tertiary/aromatic N) is 2. The third-order valence-electron chi connectivity index (χ3n) is 11.4. The number of hydrogen-bond acceptors (Lipinski definition) is 10. The van der Waals surface area contributed by atoms with Crippen LogP contribution < -0.4 is 27.0 Å². The monoisotopic (exact) mass is 922 g/mol. The van der Waals surface area contributed by atoms with Crippen LogP contribution in [0, 0.1) is 17.3 Å². The second kappa shape index (κ2) is 24.3. The van der Waals surface area contributed by atoms with Crippen molar-refractivity contribution in [2.24, 2.45) is 23.0 Å². The van der Waals surface area contributed by atoms with E-state index in [2.05, 4.69) is 21.3 Å². The molecule has 6 amide bonds. The Morgan fingerprint density at radius 3 is 1.83 bits per heavy atom. The van der Waals surface area contributed by atoms with E-state index >= 15 is 0 Å². The van der Waals surface area contributed by atoms with Crippen molar-refractivity contribution in [3.63, 3.8) is 0 Å². The Hall–Kier alpha value is -6.30. The summed E-state index contributed by atoms with van der Waals surface area (Å²) in [5.74, 6) is -5.76. The molecule has 2 rings (SSSR count). The Bertz CT molecular complexity index is 2060. The van der Waals surface area contributed by atoms with Crippen molar-refractivity contribution < 1.29 is 53.3 Å². The van der Waals surface area contributed by atoms with Gasteiger partial charge in [0.05, 0.1) is 12.1 Å². The molecule has 8 N–H and O–H groups in total. The van der Waals surface area contributed by atoms with E-state index in [1.54, 1.807) is 79.7 Å². The van der Waals surface area contributed by atoms with Crippen molar-refractivity contribution in [3.8, 4) is 0 Å². The summed E-state index contributed by atoms with van der Waals surface area (Å²) in [5, 5.41) is 29.2. The van der Waals surface area contributed by atoms with Gasteiger partial charge < -0.3 is 46.9 Å². The summed E-state index contributed by atoms with van der Waals surface area (Å²) >= 11 is 0. The summed E-state index contributed by atoms with van der Waals surface area (Å²) in [5.41, 5.74) is 5.80. The number of hydrogen-bond donors (Lipinski definition) is 7. The van der Waals surface area contributed by atoms with Crippen molar-refractivity contribution in [1.82, 2.24) is 25.8 Å². The van der Waals surface area contributed by atoms with Gasteiger partial charge in [0.1, 0.15) is 30.8 Å². The predicted octanol–water partition coefficient (Wildman–Crippen LogP) is 4.42. The maximum Gasteiger partial charge on any atom is 0.410 e. The van der Waals surface area contributed by atoms with Crippen LogP contribution in [-0.2, 0) is 50.3 Å². The van der Waals surface area contributed by atoms with Gasteiger partial charge in [-0.25, -0.2) is 9.59 Å². The van der Waals surface area contributed by atoms with Gasteiger partial charge in [0.2, 0.25) is 29.5 Å². The zero-order valence-corrected chi connectivity index (χ0v) is 40.6. The third-order valence-corrected chi connectivity index (χ3v) is 11.4. The van der Waals surface area contributed by atoms with E-state index in [4.69, 9.17) is 15.6 Å². The maximum absolute atomic E-state index is 14.7. The molecule has 6 atom stereocenters. The maximum atomic E-state index is 14.7. The molecule has 0 saturated carbocycles. The van der Waals surface area contributed by atoms with Crippen LogP contribution in [0.1, 0.15) is 100 Å². The van der Waals surface area contributed by atoms with Crippen LogP contribution in [0.25, 0.3) is 0 Å². The van der Waals surface area contributed by atoms with Crippen molar-refractivity contribution in [2.75, 3.05) is 19.4 Å². The van der Waals surface area contributed by atoms with Crippen LogP contribution in [0.2, 0.25) is 0 Å². The zero-order valence-electron chi connectivity index (χ0n) is 40.6. The van der Waals surface area contributed by atoms with Crippen LogP contribution >= 0.6 is 0 Å². The first-order chi connectivity index (χ1) is 30.5. The van der Waals surface area contributed by atoms with Gasteiger partial charge in [0, 0.05) is 37.2 Å². The number of benzene rings is 2. The summed E-state index contributed by atoms with van der Waals surface area (Å²) in [6.45, 7) is 19.0. The molecule has 0 aromatic heterocycles. The van der Waals surface area contributed by atoms with Gasteiger partial charge in [-0.3, -0.25) is 33.7 Å². The molecule has 2 aromatic rings. The minimum absolute atomic E-state index is 0.0959. The van der Waals surface area contributed by atoms with Crippen molar-refractivity contribution in [2.45, 2.75) is 137 Å². The van der Waals surface area contributed by atoms with Gasteiger partial charge in [-0.15, -0.1) is 0 Å². The topological polar surface area (TPSA) is 267 Å². The molecule has 66 heavy (non-hydrogen) atoms. The van der Waals surface area contributed by atoms with E-state index in [9.17, 15) is 43.5 Å². The smallest absolute Gasteiger partial charge is 0.410 e. The average molecular weight is 922 g/mol. The molecule has 18 nitrogen and oxygen atoms in total. The first-order valence-corrected chi connectivity index (χ1v) is 21.9. The fraction of sp³-hybridized carbons (Fsp3) is 0.542. The SMILES string of the molecule is C/C(=C\[C@H](C(C)C)N(C)C(=O)C(NC(=O)[C@@H](N(C)C(=O)OCc1ccc(NC(=O)[C@H](C)NC(=O)C(N)C(C)C)cc1)C(C)(C)c1ccccc1)C(C)(C)C)C(=O)N[C@H](CCC(=O)O)C(=O)O. The molecule has 0 aliphatic carbocycles. The Morgan fingerprint density at radius 1 is 0.758 bits per heavy atom. The summed E-state index contributed by atoms with van der Waals surface area (Å²) in [6, 6.07) is 9.49. The summed E-state index contributed by atoms with van der Waals surface area (Å²) in [4.78, 5) is 107. The fourth-order valence-electron chi connectivity index (χ4n) is 7.08. The number of rotatable bonds is 22. The number of carboxylic acids is 2. The quantitative estimate of drug-likeness (QED) is 0.0810. The lowest BCUT2D eigenvalue weighted by Gasteiger charge is -2.42. The van der Waals surface area contributed by atoms with E-state index in [1.165, 1.54) is 36.9 Å². The molecule has 364 valence electrons. The molecule has 0 aliphatic heterocycles. The largest absolute Gasteiger partial charge is 0.481 e. The molecule has 18 heteroatoms. The number of anilines is 1. The summed E-state index contributed by atoms with van der Waals surface area (Å²) in [7, 11) is 2.97. The molecule has 2 unspecified atom stereocenters. The van der Waals surface area contributed by atoms with Crippen molar-refractivity contribution >= 4 is 53.3 Å². The predicted molar refractivity (Wildman–Crippen MR) is 250 cm³/mol. The second-order valence-electron chi connectivity index (χ2n) is 19.0. The van der Waals surface area contributed by atoms with Crippen LogP contribution in [0.15, 0.2) is 66.2 Å². The third kappa shape index (κ3) is 16.0. The molecule has 0 fully saturated rings. The lowest BCUT2D eigenvalue weighted by atomic mass is 9.76. The summed E-state index contributed by atoms with van der Waals surface area (Å²) in [6.07, 6.45) is -0.0984. The van der Waals surface area contributed by atoms with E-state index < -0.39 is 101 Å². The number of likely N-dealkylation sites (N-methyl/N-ethyl adjacent to an activating group) is 2. The Kier molecular flexibility index (Phi) is 20.5. The fourth-order valence-corrected chi connectivity index (χ4v) is 7.08. The molecular formula is C48H71N7O11. The van der Waals surface area contributed by atoms with Crippen LogP contribution in [0.5, 0.6) is 0 Å². The molecule has 0 spiro atoms. The Morgan fingerprint density at radius 2 is 1.33 bits per heavy atom. The summed E-state index contributed by atoms with van der Waals surface area (Å²) < 4.78 is 5.72. The number of carbonyl (C=O) groups excluding carboxylic acids is 6. The molecule has 0 aliphatic rings. The average Bonchev–Trinajstić information content (AvgIpc) is 3.24. The number of carboxylic acid groups (broad SMARTS) is 2.